The van der Waals surface area contributed by atoms with Gasteiger partial charge in [0, 0.05) is 23.7 Å². The zero-order chi connectivity index (χ0) is 19.3. The molecule has 1 heterocycles. The molecule has 1 aliphatic heterocycles. The van der Waals surface area contributed by atoms with Crippen LogP contribution in [0.5, 0.6) is 0 Å². The number of piperidine rings is 1. The number of carbonyl (C=O) groups excluding carboxylic acids is 3. The lowest BCUT2D eigenvalue weighted by atomic mass is 9.98. The van der Waals surface area contributed by atoms with Crippen LogP contribution in [0, 0.1) is 5.92 Å². The van der Waals surface area contributed by atoms with Gasteiger partial charge >= 0.3 is 6.09 Å². The maximum Gasteiger partial charge on any atom is 0.410 e. The van der Waals surface area contributed by atoms with Crippen molar-refractivity contribution in [3.05, 3.63) is 34.9 Å². The minimum Gasteiger partial charge on any atom is -0.444 e. The summed E-state index contributed by atoms with van der Waals surface area (Å²) >= 11 is 5.78. The van der Waals surface area contributed by atoms with Crippen LogP contribution in [0.2, 0.25) is 5.02 Å². The molecule has 8 heteroatoms. The van der Waals surface area contributed by atoms with Gasteiger partial charge in [0.25, 0.3) is 5.91 Å². The molecule has 0 radical (unpaired) electrons. The Labute approximate surface area is 158 Å². The van der Waals surface area contributed by atoms with Crippen molar-refractivity contribution >= 4 is 29.5 Å². The second kappa shape index (κ2) is 8.40. The third kappa shape index (κ3) is 5.91. The SMILES string of the molecule is CC(C)(C)OC(=O)N1CCCC(C(=O)NNC(=O)c2ccc(Cl)cc2)C1. The summed E-state index contributed by atoms with van der Waals surface area (Å²) in [4.78, 5) is 38.0. The molecule has 26 heavy (non-hydrogen) atoms. The number of nitrogens with one attached hydrogen (secondary N) is 2. The number of rotatable bonds is 2. The monoisotopic (exact) mass is 381 g/mol. The van der Waals surface area contributed by atoms with Gasteiger partial charge in [-0.25, -0.2) is 4.79 Å². The van der Waals surface area contributed by atoms with E-state index in [0.29, 0.717) is 30.0 Å². The van der Waals surface area contributed by atoms with Crippen LogP contribution < -0.4 is 10.9 Å². The smallest absolute Gasteiger partial charge is 0.410 e. The molecule has 1 unspecified atom stereocenters. The molecule has 0 spiro atoms. The number of halogens is 1. The molecule has 1 aliphatic rings. The third-order valence-corrected chi connectivity index (χ3v) is 4.10. The van der Waals surface area contributed by atoms with E-state index in [0.717, 1.165) is 0 Å². The van der Waals surface area contributed by atoms with Crippen LogP contribution >= 0.6 is 11.6 Å². The van der Waals surface area contributed by atoms with Gasteiger partial charge in [0.1, 0.15) is 5.60 Å². The van der Waals surface area contributed by atoms with Gasteiger partial charge in [0.2, 0.25) is 5.91 Å². The molecule has 1 atom stereocenters. The summed E-state index contributed by atoms with van der Waals surface area (Å²) in [6, 6.07) is 6.32. The predicted molar refractivity (Wildman–Crippen MR) is 97.6 cm³/mol. The summed E-state index contributed by atoms with van der Waals surface area (Å²) in [5.41, 5.74) is 4.60. The zero-order valence-electron chi connectivity index (χ0n) is 15.2. The van der Waals surface area contributed by atoms with Gasteiger partial charge in [0.05, 0.1) is 5.92 Å². The maximum atomic E-state index is 12.3. The van der Waals surface area contributed by atoms with Crippen LogP contribution in [0.4, 0.5) is 4.79 Å². The minimum atomic E-state index is -0.584. The molecule has 2 rings (SSSR count). The topological polar surface area (TPSA) is 87.7 Å². The van der Waals surface area contributed by atoms with Gasteiger partial charge < -0.3 is 9.64 Å². The Bertz CT molecular complexity index is 670. The normalized spacial score (nSPS) is 17.4. The summed E-state index contributed by atoms with van der Waals surface area (Å²) in [5.74, 6) is -1.17. The maximum absolute atomic E-state index is 12.3. The Balaban J connectivity index is 1.85. The van der Waals surface area contributed by atoms with Gasteiger partial charge in [-0.2, -0.15) is 0 Å². The first-order valence-corrected chi connectivity index (χ1v) is 8.87. The van der Waals surface area contributed by atoms with Gasteiger partial charge in [-0.3, -0.25) is 20.4 Å². The summed E-state index contributed by atoms with van der Waals surface area (Å²) < 4.78 is 5.35. The van der Waals surface area contributed by atoms with Crippen molar-refractivity contribution in [1.82, 2.24) is 15.8 Å². The van der Waals surface area contributed by atoms with E-state index in [1.807, 2.05) is 0 Å². The first-order chi connectivity index (χ1) is 12.2. The van der Waals surface area contributed by atoms with Crippen molar-refractivity contribution in [3.63, 3.8) is 0 Å². The molecule has 1 aromatic rings. The largest absolute Gasteiger partial charge is 0.444 e. The van der Waals surface area contributed by atoms with E-state index in [9.17, 15) is 14.4 Å². The van der Waals surface area contributed by atoms with Crippen molar-refractivity contribution < 1.29 is 19.1 Å². The molecule has 1 aromatic carbocycles. The number of benzene rings is 1. The standard InChI is InChI=1S/C18H24ClN3O4/c1-18(2,3)26-17(25)22-10-4-5-13(11-22)16(24)21-20-15(23)12-6-8-14(19)9-7-12/h6-9,13H,4-5,10-11H2,1-3H3,(H,20,23)(H,21,24). The summed E-state index contributed by atoms with van der Waals surface area (Å²) in [5, 5.41) is 0.523. The predicted octanol–water partition coefficient (Wildman–Crippen LogP) is 2.75. The molecule has 0 bridgehead atoms. The number of ether oxygens (including phenoxy) is 1. The summed E-state index contributed by atoms with van der Waals surface area (Å²) in [6.45, 7) is 6.20. The van der Waals surface area contributed by atoms with Gasteiger partial charge in [-0.15, -0.1) is 0 Å². The number of hydrazine groups is 1. The average molecular weight is 382 g/mol. The fourth-order valence-electron chi connectivity index (χ4n) is 2.58. The highest BCUT2D eigenvalue weighted by Crippen LogP contribution is 2.19. The second-order valence-electron chi connectivity index (χ2n) is 7.22. The Kier molecular flexibility index (Phi) is 6.47. The molecule has 142 valence electrons. The number of hydrogen-bond donors (Lipinski definition) is 2. The van der Waals surface area contributed by atoms with Crippen LogP contribution in [-0.4, -0.2) is 41.5 Å². The quantitative estimate of drug-likeness (QED) is 0.771. The van der Waals surface area contributed by atoms with Crippen molar-refractivity contribution in [2.24, 2.45) is 5.92 Å². The van der Waals surface area contributed by atoms with E-state index in [1.165, 1.54) is 4.90 Å². The zero-order valence-corrected chi connectivity index (χ0v) is 15.9. The Morgan fingerprint density at radius 2 is 1.81 bits per heavy atom. The third-order valence-electron chi connectivity index (χ3n) is 3.85. The van der Waals surface area contributed by atoms with Crippen molar-refractivity contribution in [1.29, 1.82) is 0 Å². The van der Waals surface area contributed by atoms with E-state index in [1.54, 1.807) is 45.0 Å². The molecule has 0 aromatic heterocycles. The molecular formula is C18H24ClN3O4. The summed E-state index contributed by atoms with van der Waals surface area (Å²) in [7, 11) is 0. The Hall–Kier alpha value is -2.28. The summed E-state index contributed by atoms with van der Waals surface area (Å²) in [6.07, 6.45) is 0.907. The molecule has 0 aliphatic carbocycles. The van der Waals surface area contributed by atoms with Crippen molar-refractivity contribution in [2.75, 3.05) is 13.1 Å². The van der Waals surface area contributed by atoms with Gasteiger partial charge in [0.15, 0.2) is 0 Å². The Morgan fingerprint density at radius 3 is 2.42 bits per heavy atom. The molecule has 1 saturated heterocycles. The van der Waals surface area contributed by atoms with E-state index >= 15 is 0 Å². The lowest BCUT2D eigenvalue weighted by molar-refractivity contribution is -0.127. The number of likely N-dealkylation sites (tertiary alicyclic amines) is 1. The highest BCUT2D eigenvalue weighted by Gasteiger charge is 2.31. The fourth-order valence-corrected chi connectivity index (χ4v) is 2.70. The lowest BCUT2D eigenvalue weighted by Gasteiger charge is -2.33. The van der Waals surface area contributed by atoms with E-state index in [4.69, 9.17) is 16.3 Å². The van der Waals surface area contributed by atoms with Gasteiger partial charge in [-0.05, 0) is 57.9 Å². The average Bonchev–Trinajstić information content (AvgIpc) is 2.58. The molecule has 2 N–H and O–H groups in total. The van der Waals surface area contributed by atoms with Crippen LogP contribution in [0.3, 0.4) is 0 Å². The second-order valence-corrected chi connectivity index (χ2v) is 7.65. The minimum absolute atomic E-state index is 0.261. The van der Waals surface area contributed by atoms with Crippen LogP contribution in [0.25, 0.3) is 0 Å². The lowest BCUT2D eigenvalue weighted by Crippen LogP contribution is -2.50. The van der Waals surface area contributed by atoms with E-state index < -0.39 is 23.5 Å². The van der Waals surface area contributed by atoms with Crippen LogP contribution in [0.15, 0.2) is 24.3 Å². The van der Waals surface area contributed by atoms with Crippen molar-refractivity contribution in [2.45, 2.75) is 39.2 Å². The van der Waals surface area contributed by atoms with Crippen molar-refractivity contribution in [3.8, 4) is 0 Å². The highest BCUT2D eigenvalue weighted by atomic mass is 35.5. The number of hydrogen-bond acceptors (Lipinski definition) is 4. The molecule has 7 nitrogen and oxygen atoms in total. The number of nitrogens with zero attached hydrogens (tertiary/aromatic N) is 1. The van der Waals surface area contributed by atoms with E-state index in [2.05, 4.69) is 10.9 Å². The molecule has 0 saturated carbocycles. The number of carbonyl (C=O) groups is 3. The first-order valence-electron chi connectivity index (χ1n) is 8.49. The van der Waals surface area contributed by atoms with Crippen LogP contribution in [0.1, 0.15) is 44.0 Å². The molecule has 1 fully saturated rings. The Morgan fingerprint density at radius 1 is 1.15 bits per heavy atom. The molecule has 3 amide bonds. The van der Waals surface area contributed by atoms with E-state index in [-0.39, 0.29) is 12.5 Å². The first kappa shape index (κ1) is 20.0. The van der Waals surface area contributed by atoms with Gasteiger partial charge in [-0.1, -0.05) is 11.6 Å². The molecular weight excluding hydrogens is 358 g/mol. The van der Waals surface area contributed by atoms with Crippen LogP contribution in [-0.2, 0) is 9.53 Å². The highest BCUT2D eigenvalue weighted by molar-refractivity contribution is 6.30. The fraction of sp³-hybridized carbons (Fsp3) is 0.500. The number of amides is 3.